The number of benzene rings is 2. The van der Waals surface area contributed by atoms with Gasteiger partial charge in [-0.05, 0) is 66.2 Å². The monoisotopic (exact) mass is 488 g/mol. The van der Waals surface area contributed by atoms with Crippen molar-refractivity contribution in [1.82, 2.24) is 4.57 Å². The fourth-order valence-corrected chi connectivity index (χ4v) is 3.79. The maximum absolute atomic E-state index is 11.9. The Morgan fingerprint density at radius 3 is 2.37 bits per heavy atom. The van der Waals surface area contributed by atoms with Gasteiger partial charge in [0.2, 0.25) is 0 Å². The molecule has 2 aromatic carbocycles. The van der Waals surface area contributed by atoms with Gasteiger partial charge >= 0.3 is 5.97 Å². The predicted octanol–water partition coefficient (Wildman–Crippen LogP) is 6.16. The molecule has 27 heavy (non-hydrogen) atoms. The van der Waals surface area contributed by atoms with Gasteiger partial charge in [0.25, 0.3) is 0 Å². The smallest absolute Gasteiger partial charge is 0.340 e. The van der Waals surface area contributed by atoms with E-state index < -0.39 is 5.97 Å². The molecule has 0 saturated carbocycles. The zero-order chi connectivity index (χ0) is 19.6. The maximum Gasteiger partial charge on any atom is 0.340 e. The quantitative estimate of drug-likeness (QED) is 0.325. The summed E-state index contributed by atoms with van der Waals surface area (Å²) >= 11 is 7.16. The van der Waals surface area contributed by atoms with Gasteiger partial charge in [-0.25, -0.2) is 4.79 Å². The number of carbonyl (C=O) groups is 1. The molecule has 6 heteroatoms. The minimum atomic E-state index is -0.401. The van der Waals surface area contributed by atoms with Crippen LogP contribution in [-0.4, -0.2) is 23.9 Å². The van der Waals surface area contributed by atoms with Gasteiger partial charge in [-0.15, -0.1) is 0 Å². The third-order valence-corrected chi connectivity index (χ3v) is 5.87. The summed E-state index contributed by atoms with van der Waals surface area (Å²) in [5.41, 5.74) is 5.19. The average molecular weight is 490 g/mol. The lowest BCUT2D eigenvalue weighted by Crippen LogP contribution is -2.01. The molecule has 0 aliphatic heterocycles. The summed E-state index contributed by atoms with van der Waals surface area (Å²) in [4.78, 5) is 16.5. The maximum atomic E-state index is 11.9. The summed E-state index contributed by atoms with van der Waals surface area (Å²) < 4.78 is 9.02. The van der Waals surface area contributed by atoms with E-state index in [0.717, 1.165) is 31.6 Å². The van der Waals surface area contributed by atoms with Crippen molar-refractivity contribution in [2.24, 2.45) is 4.99 Å². The molecule has 1 aromatic heterocycles. The SMILES string of the molecule is COC(=O)c1ccccc1N=Cc1c(Br)c(C)n(-c2ccc(Br)cc2)c1C. The molecule has 0 atom stereocenters. The van der Waals surface area contributed by atoms with Gasteiger partial charge in [-0.2, -0.15) is 0 Å². The molecule has 1 heterocycles. The minimum Gasteiger partial charge on any atom is -0.465 e. The van der Waals surface area contributed by atoms with Crippen LogP contribution in [0.25, 0.3) is 5.69 Å². The number of hydrogen-bond donors (Lipinski definition) is 0. The molecule has 0 unspecified atom stereocenters. The van der Waals surface area contributed by atoms with E-state index in [-0.39, 0.29) is 0 Å². The molecule has 0 aliphatic rings. The van der Waals surface area contributed by atoms with Crippen LogP contribution in [0, 0.1) is 13.8 Å². The summed E-state index contributed by atoms with van der Waals surface area (Å²) in [6.45, 7) is 4.10. The Kier molecular flexibility index (Phi) is 5.97. The van der Waals surface area contributed by atoms with Crippen LogP contribution in [0.3, 0.4) is 0 Å². The van der Waals surface area contributed by atoms with Gasteiger partial charge in [0.1, 0.15) is 0 Å². The fourth-order valence-electron chi connectivity index (χ4n) is 2.95. The van der Waals surface area contributed by atoms with Gasteiger partial charge in [0.05, 0.1) is 18.4 Å². The third kappa shape index (κ3) is 3.92. The predicted molar refractivity (Wildman–Crippen MR) is 116 cm³/mol. The topological polar surface area (TPSA) is 43.6 Å². The number of aromatic nitrogens is 1. The lowest BCUT2D eigenvalue weighted by atomic mass is 10.2. The fraction of sp³-hybridized carbons (Fsp3) is 0.143. The van der Waals surface area contributed by atoms with Crippen LogP contribution in [0.15, 0.2) is 62.5 Å². The van der Waals surface area contributed by atoms with Crippen molar-refractivity contribution < 1.29 is 9.53 Å². The van der Waals surface area contributed by atoms with Gasteiger partial charge in [-0.3, -0.25) is 4.99 Å². The standard InChI is InChI=1S/C21H18Br2N2O2/c1-13-18(12-24-19-7-5-4-6-17(19)21(26)27-3)20(23)14(2)25(13)16-10-8-15(22)9-11-16/h4-12H,1-3H3. The van der Waals surface area contributed by atoms with E-state index in [9.17, 15) is 4.79 Å². The van der Waals surface area contributed by atoms with Crippen LogP contribution in [0.1, 0.15) is 27.3 Å². The Balaban J connectivity index is 2.05. The van der Waals surface area contributed by atoms with Gasteiger partial charge in [-0.1, -0.05) is 28.1 Å². The van der Waals surface area contributed by atoms with E-state index in [4.69, 9.17) is 4.74 Å². The Bertz CT molecular complexity index is 1020. The first-order chi connectivity index (χ1) is 12.9. The van der Waals surface area contributed by atoms with Crippen molar-refractivity contribution in [2.75, 3.05) is 7.11 Å². The number of ether oxygens (including phenoxy) is 1. The molecule has 0 fully saturated rings. The Morgan fingerprint density at radius 2 is 1.70 bits per heavy atom. The molecule has 4 nitrogen and oxygen atoms in total. The molecule has 0 spiro atoms. The van der Waals surface area contributed by atoms with Crippen molar-refractivity contribution in [1.29, 1.82) is 0 Å². The van der Waals surface area contributed by atoms with E-state index >= 15 is 0 Å². The second kappa shape index (κ2) is 8.23. The van der Waals surface area contributed by atoms with Gasteiger partial charge < -0.3 is 9.30 Å². The van der Waals surface area contributed by atoms with E-state index in [1.54, 1.807) is 24.4 Å². The third-order valence-electron chi connectivity index (χ3n) is 4.34. The highest BCUT2D eigenvalue weighted by Gasteiger charge is 2.16. The number of hydrogen-bond acceptors (Lipinski definition) is 3. The Morgan fingerprint density at radius 1 is 1.04 bits per heavy atom. The van der Waals surface area contributed by atoms with E-state index in [0.29, 0.717) is 11.3 Å². The highest BCUT2D eigenvalue weighted by atomic mass is 79.9. The second-order valence-electron chi connectivity index (χ2n) is 5.98. The van der Waals surface area contributed by atoms with Crippen molar-refractivity contribution in [2.45, 2.75) is 13.8 Å². The van der Waals surface area contributed by atoms with Crippen molar-refractivity contribution in [3.63, 3.8) is 0 Å². The van der Waals surface area contributed by atoms with Gasteiger partial charge in [0, 0.05) is 37.8 Å². The summed E-state index contributed by atoms with van der Waals surface area (Å²) in [5.74, 6) is -0.401. The van der Waals surface area contributed by atoms with Crippen LogP contribution in [0.2, 0.25) is 0 Å². The number of esters is 1. The molecule has 138 valence electrons. The van der Waals surface area contributed by atoms with Crippen LogP contribution in [-0.2, 0) is 4.74 Å². The first kappa shape index (κ1) is 19.6. The van der Waals surface area contributed by atoms with Crippen LogP contribution in [0.5, 0.6) is 0 Å². The first-order valence-corrected chi connectivity index (χ1v) is 9.87. The van der Waals surface area contributed by atoms with Crippen LogP contribution < -0.4 is 0 Å². The van der Waals surface area contributed by atoms with Crippen molar-refractivity contribution in [3.8, 4) is 5.69 Å². The summed E-state index contributed by atoms with van der Waals surface area (Å²) in [5, 5.41) is 0. The van der Waals surface area contributed by atoms with Crippen LogP contribution >= 0.6 is 31.9 Å². The van der Waals surface area contributed by atoms with Crippen LogP contribution in [0.4, 0.5) is 5.69 Å². The molecular weight excluding hydrogens is 472 g/mol. The van der Waals surface area contributed by atoms with Gasteiger partial charge in [0.15, 0.2) is 0 Å². The molecule has 0 saturated heterocycles. The highest BCUT2D eigenvalue weighted by molar-refractivity contribution is 9.10. The Hall–Kier alpha value is -2.18. The molecule has 0 bridgehead atoms. The summed E-state index contributed by atoms with van der Waals surface area (Å²) in [6, 6.07) is 15.3. The normalized spacial score (nSPS) is 11.1. The molecule has 0 aliphatic carbocycles. The lowest BCUT2D eigenvalue weighted by Gasteiger charge is -2.09. The summed E-state index contributed by atoms with van der Waals surface area (Å²) in [7, 11) is 1.37. The minimum absolute atomic E-state index is 0.401. The second-order valence-corrected chi connectivity index (χ2v) is 7.69. The van der Waals surface area contributed by atoms with Crippen molar-refractivity contribution >= 4 is 49.7 Å². The molecule has 3 aromatic rings. The zero-order valence-corrected chi connectivity index (χ0v) is 18.3. The molecular formula is C21H18Br2N2O2. The largest absolute Gasteiger partial charge is 0.465 e. The number of nitrogens with zero attached hydrogens (tertiary/aromatic N) is 2. The first-order valence-electron chi connectivity index (χ1n) is 8.28. The molecule has 0 N–H and O–H groups in total. The lowest BCUT2D eigenvalue weighted by molar-refractivity contribution is 0.0601. The number of methoxy groups -OCH3 is 1. The summed E-state index contributed by atoms with van der Waals surface area (Å²) in [6.07, 6.45) is 1.78. The van der Waals surface area contributed by atoms with E-state index in [1.807, 2.05) is 25.1 Å². The molecule has 0 amide bonds. The highest BCUT2D eigenvalue weighted by Crippen LogP contribution is 2.31. The van der Waals surface area contributed by atoms with E-state index in [1.165, 1.54) is 7.11 Å². The molecule has 3 rings (SSSR count). The number of carbonyl (C=O) groups excluding carboxylic acids is 1. The van der Waals surface area contributed by atoms with Crippen molar-refractivity contribution in [3.05, 3.63) is 80.0 Å². The number of para-hydroxylation sites is 1. The zero-order valence-electron chi connectivity index (χ0n) is 15.2. The number of halogens is 2. The van der Waals surface area contributed by atoms with E-state index in [2.05, 4.69) is 60.5 Å². The average Bonchev–Trinajstić information content (AvgIpc) is 2.89. The molecule has 0 radical (unpaired) electrons. The number of aliphatic imine (C=N–C) groups is 1. The number of rotatable bonds is 4. The Labute approximate surface area is 175 Å².